The Kier molecular flexibility index (Phi) is 2.97. The molecule has 0 radical (unpaired) electrons. The molecule has 0 spiro atoms. The molecule has 1 aromatic heterocycles. The summed E-state index contributed by atoms with van der Waals surface area (Å²) in [4.78, 5) is 4.69. The molecule has 4 nitrogen and oxygen atoms in total. The van der Waals surface area contributed by atoms with Gasteiger partial charge in [0.2, 0.25) is 0 Å². The van der Waals surface area contributed by atoms with Crippen molar-refractivity contribution in [1.82, 2.24) is 14.8 Å². The maximum absolute atomic E-state index is 6.22. The molecule has 0 fully saturated rings. The minimum absolute atomic E-state index is 0.0817. The predicted molar refractivity (Wildman–Crippen MR) is 87.1 cm³/mol. The van der Waals surface area contributed by atoms with Crippen LogP contribution in [0.4, 0.5) is 5.69 Å². The van der Waals surface area contributed by atoms with E-state index in [0.717, 1.165) is 33.7 Å². The smallest absolute Gasteiger partial charge is 0.160 e. The molecule has 3 rings (SSSR count). The van der Waals surface area contributed by atoms with Crippen molar-refractivity contribution in [3.63, 3.8) is 0 Å². The number of hydrogen-bond acceptors (Lipinski definition) is 3. The van der Waals surface area contributed by atoms with Gasteiger partial charge in [-0.1, -0.05) is 45.0 Å². The molecule has 21 heavy (non-hydrogen) atoms. The van der Waals surface area contributed by atoms with Gasteiger partial charge in [-0.3, -0.25) is 0 Å². The molecule has 2 N–H and O–H groups in total. The van der Waals surface area contributed by atoms with Gasteiger partial charge < -0.3 is 5.73 Å². The Balaban J connectivity index is 2.21. The van der Waals surface area contributed by atoms with E-state index < -0.39 is 0 Å². The molecule has 108 valence electrons. The highest BCUT2D eigenvalue weighted by Crippen LogP contribution is 2.30. The third-order valence-electron chi connectivity index (χ3n) is 3.59. The average Bonchev–Trinajstić information content (AvgIpc) is 2.80. The number of nitrogen functional groups attached to an aromatic ring is 1. The van der Waals surface area contributed by atoms with E-state index in [1.807, 2.05) is 25.2 Å². The zero-order valence-corrected chi connectivity index (χ0v) is 12.9. The standard InChI is InChI=1S/C17H20N4/c1-17(2,3)16-19-15(21(4)20-16)13-9-11-7-5-6-8-12(11)10-14(13)18/h5-10H,18H2,1-4H3. The molecule has 0 atom stereocenters. The Hall–Kier alpha value is -2.36. The van der Waals surface area contributed by atoms with E-state index in [1.54, 1.807) is 4.68 Å². The molecule has 0 amide bonds. The van der Waals surface area contributed by atoms with Crippen molar-refractivity contribution in [3.8, 4) is 11.4 Å². The third-order valence-corrected chi connectivity index (χ3v) is 3.59. The first-order valence-corrected chi connectivity index (χ1v) is 7.06. The molecular weight excluding hydrogens is 260 g/mol. The van der Waals surface area contributed by atoms with Gasteiger partial charge >= 0.3 is 0 Å². The lowest BCUT2D eigenvalue weighted by molar-refractivity contribution is 0.538. The van der Waals surface area contributed by atoms with Crippen molar-refractivity contribution in [2.75, 3.05) is 5.73 Å². The number of nitrogens with zero attached hydrogens (tertiary/aromatic N) is 3. The Bertz CT molecular complexity index is 809. The minimum atomic E-state index is -0.0817. The number of rotatable bonds is 1. The topological polar surface area (TPSA) is 56.7 Å². The van der Waals surface area contributed by atoms with Crippen LogP contribution in [-0.4, -0.2) is 14.8 Å². The number of anilines is 1. The average molecular weight is 280 g/mol. The van der Waals surface area contributed by atoms with Gasteiger partial charge in [0.05, 0.1) is 0 Å². The summed E-state index contributed by atoms with van der Waals surface area (Å²) in [6.45, 7) is 6.32. The second-order valence-corrected chi connectivity index (χ2v) is 6.42. The Morgan fingerprint density at radius 3 is 2.24 bits per heavy atom. The highest BCUT2D eigenvalue weighted by molar-refractivity contribution is 5.92. The molecule has 0 aliphatic carbocycles. The molecule has 1 heterocycles. The Morgan fingerprint density at radius 1 is 1.05 bits per heavy atom. The quantitative estimate of drug-likeness (QED) is 0.694. The predicted octanol–water partition coefficient (Wildman–Crippen LogP) is 3.52. The molecule has 0 aliphatic rings. The van der Waals surface area contributed by atoms with E-state index in [1.165, 1.54) is 0 Å². The largest absolute Gasteiger partial charge is 0.398 e. The fraction of sp³-hybridized carbons (Fsp3) is 0.294. The van der Waals surface area contributed by atoms with Crippen LogP contribution < -0.4 is 5.73 Å². The Morgan fingerprint density at radius 2 is 1.67 bits per heavy atom. The van der Waals surface area contributed by atoms with Crippen LogP contribution in [0.3, 0.4) is 0 Å². The van der Waals surface area contributed by atoms with Crippen molar-refractivity contribution < 1.29 is 0 Å². The summed E-state index contributed by atoms with van der Waals surface area (Å²) in [5.74, 6) is 1.63. The van der Waals surface area contributed by atoms with E-state index in [2.05, 4.69) is 44.1 Å². The molecule has 0 saturated heterocycles. The van der Waals surface area contributed by atoms with Crippen molar-refractivity contribution in [3.05, 3.63) is 42.2 Å². The monoisotopic (exact) mass is 280 g/mol. The number of hydrogen-bond donors (Lipinski definition) is 1. The first-order valence-electron chi connectivity index (χ1n) is 7.06. The number of benzene rings is 2. The molecule has 0 saturated carbocycles. The van der Waals surface area contributed by atoms with Crippen LogP contribution in [0.2, 0.25) is 0 Å². The fourth-order valence-corrected chi connectivity index (χ4v) is 2.39. The first kappa shape index (κ1) is 13.6. The zero-order chi connectivity index (χ0) is 15.2. The van der Waals surface area contributed by atoms with Crippen molar-refractivity contribution in [2.45, 2.75) is 26.2 Å². The lowest BCUT2D eigenvalue weighted by Crippen LogP contribution is -2.13. The lowest BCUT2D eigenvalue weighted by atomic mass is 9.96. The molecule has 0 unspecified atom stereocenters. The fourth-order valence-electron chi connectivity index (χ4n) is 2.39. The van der Waals surface area contributed by atoms with Crippen LogP contribution in [0.15, 0.2) is 36.4 Å². The van der Waals surface area contributed by atoms with Crippen LogP contribution in [0.1, 0.15) is 26.6 Å². The lowest BCUT2D eigenvalue weighted by Gasteiger charge is -2.12. The van der Waals surface area contributed by atoms with Gasteiger partial charge in [-0.05, 0) is 22.9 Å². The van der Waals surface area contributed by atoms with Crippen LogP contribution in [0.25, 0.3) is 22.2 Å². The molecule has 3 aromatic rings. The van der Waals surface area contributed by atoms with Gasteiger partial charge in [-0.15, -0.1) is 0 Å². The summed E-state index contributed by atoms with van der Waals surface area (Å²) in [5.41, 5.74) is 7.80. The number of aryl methyl sites for hydroxylation is 1. The van der Waals surface area contributed by atoms with E-state index in [9.17, 15) is 0 Å². The van der Waals surface area contributed by atoms with E-state index in [-0.39, 0.29) is 5.41 Å². The molecule has 2 aromatic carbocycles. The van der Waals surface area contributed by atoms with E-state index >= 15 is 0 Å². The molecule has 4 heteroatoms. The highest BCUT2D eigenvalue weighted by atomic mass is 15.3. The maximum atomic E-state index is 6.22. The van der Waals surface area contributed by atoms with Crippen molar-refractivity contribution in [2.24, 2.45) is 7.05 Å². The highest BCUT2D eigenvalue weighted by Gasteiger charge is 2.22. The van der Waals surface area contributed by atoms with Gasteiger partial charge in [-0.25, -0.2) is 9.67 Å². The van der Waals surface area contributed by atoms with E-state index in [0.29, 0.717) is 0 Å². The molecule has 0 aliphatic heterocycles. The zero-order valence-electron chi connectivity index (χ0n) is 12.9. The van der Waals surface area contributed by atoms with Gasteiger partial charge in [0.25, 0.3) is 0 Å². The summed E-state index contributed by atoms with van der Waals surface area (Å²) in [7, 11) is 1.91. The number of nitrogens with two attached hydrogens (primary N) is 1. The van der Waals surface area contributed by atoms with Crippen molar-refractivity contribution in [1.29, 1.82) is 0 Å². The van der Waals surface area contributed by atoms with Crippen LogP contribution >= 0.6 is 0 Å². The van der Waals surface area contributed by atoms with Gasteiger partial charge in [0.15, 0.2) is 11.6 Å². The summed E-state index contributed by atoms with van der Waals surface area (Å²) < 4.78 is 1.81. The maximum Gasteiger partial charge on any atom is 0.160 e. The SMILES string of the molecule is Cn1nc(C(C)(C)C)nc1-c1cc2ccccc2cc1N. The van der Waals surface area contributed by atoms with Crippen LogP contribution in [0.5, 0.6) is 0 Å². The van der Waals surface area contributed by atoms with Gasteiger partial charge in [0.1, 0.15) is 0 Å². The normalized spacial score (nSPS) is 12.0. The second-order valence-electron chi connectivity index (χ2n) is 6.42. The van der Waals surface area contributed by atoms with Gasteiger partial charge in [-0.2, -0.15) is 5.10 Å². The Labute approximate surface area is 124 Å². The van der Waals surface area contributed by atoms with Crippen LogP contribution in [0, 0.1) is 0 Å². The summed E-state index contributed by atoms with van der Waals surface area (Å²) in [5, 5.41) is 6.82. The minimum Gasteiger partial charge on any atom is -0.398 e. The first-order chi connectivity index (χ1) is 9.86. The number of fused-ring (bicyclic) bond motifs is 1. The van der Waals surface area contributed by atoms with E-state index in [4.69, 9.17) is 10.7 Å². The summed E-state index contributed by atoms with van der Waals surface area (Å²) >= 11 is 0. The molecule has 0 bridgehead atoms. The summed E-state index contributed by atoms with van der Waals surface area (Å²) in [6.07, 6.45) is 0. The van der Waals surface area contributed by atoms with Crippen LogP contribution in [-0.2, 0) is 12.5 Å². The third kappa shape index (κ3) is 2.37. The second kappa shape index (κ2) is 4.58. The number of aromatic nitrogens is 3. The van der Waals surface area contributed by atoms with Crippen molar-refractivity contribution >= 4 is 16.5 Å². The summed E-state index contributed by atoms with van der Waals surface area (Å²) in [6, 6.07) is 12.3. The van der Waals surface area contributed by atoms with Gasteiger partial charge in [0, 0.05) is 23.7 Å². The molecular formula is C17H20N4.